The van der Waals surface area contributed by atoms with Gasteiger partial charge in [0.2, 0.25) is 34.8 Å². The largest absolute Gasteiger partial charge is 0.495 e. The van der Waals surface area contributed by atoms with Crippen molar-refractivity contribution in [3.05, 3.63) is 51.8 Å². The first kappa shape index (κ1) is 17.8. The summed E-state index contributed by atoms with van der Waals surface area (Å²) in [6.07, 6.45) is 0. The SMILES string of the molecule is COc1ccc(C(=O)Oc2c(F)c(F)c(F)c(F)c2F)c(Cl)c1N. The molecule has 0 heterocycles. The first-order chi connectivity index (χ1) is 11.2. The van der Waals surface area contributed by atoms with Crippen molar-refractivity contribution >= 4 is 23.3 Å². The van der Waals surface area contributed by atoms with Crippen LogP contribution < -0.4 is 15.2 Å². The summed E-state index contributed by atoms with van der Waals surface area (Å²) in [7, 11) is 1.27. The quantitative estimate of drug-likeness (QED) is 0.223. The van der Waals surface area contributed by atoms with E-state index in [1.807, 2.05) is 0 Å². The lowest BCUT2D eigenvalue weighted by Gasteiger charge is -2.12. The summed E-state index contributed by atoms with van der Waals surface area (Å²) in [5.74, 6) is -14.6. The zero-order valence-electron chi connectivity index (χ0n) is 11.7. The molecule has 128 valence electrons. The highest BCUT2D eigenvalue weighted by Gasteiger charge is 2.29. The topological polar surface area (TPSA) is 61.5 Å². The van der Waals surface area contributed by atoms with Gasteiger partial charge in [0.15, 0.2) is 0 Å². The van der Waals surface area contributed by atoms with E-state index < -0.39 is 46.4 Å². The van der Waals surface area contributed by atoms with E-state index in [4.69, 9.17) is 22.1 Å². The lowest BCUT2D eigenvalue weighted by atomic mass is 10.2. The first-order valence-corrected chi connectivity index (χ1v) is 6.44. The maximum absolute atomic E-state index is 13.5. The lowest BCUT2D eigenvalue weighted by molar-refractivity contribution is 0.0716. The first-order valence-electron chi connectivity index (χ1n) is 6.06. The Morgan fingerprint density at radius 1 is 1.00 bits per heavy atom. The number of nitrogens with two attached hydrogens (primary N) is 1. The smallest absolute Gasteiger partial charge is 0.345 e. The molecule has 0 aliphatic rings. The number of hydrogen-bond acceptors (Lipinski definition) is 4. The van der Waals surface area contributed by atoms with Crippen LogP contribution in [0.2, 0.25) is 5.02 Å². The van der Waals surface area contributed by atoms with Crippen molar-refractivity contribution in [3.63, 3.8) is 0 Å². The number of methoxy groups -OCH3 is 1. The van der Waals surface area contributed by atoms with Crippen molar-refractivity contribution in [2.75, 3.05) is 12.8 Å². The van der Waals surface area contributed by atoms with Crippen LogP contribution in [0.25, 0.3) is 0 Å². The van der Waals surface area contributed by atoms with Crippen molar-refractivity contribution in [2.45, 2.75) is 0 Å². The second-order valence-electron chi connectivity index (χ2n) is 4.33. The Hall–Kier alpha value is -2.55. The Labute approximate surface area is 136 Å². The van der Waals surface area contributed by atoms with E-state index in [1.165, 1.54) is 13.2 Å². The number of nitrogen functional groups attached to an aromatic ring is 1. The molecular formula is C14H7ClF5NO3. The molecule has 2 aromatic rings. The Morgan fingerprint density at radius 3 is 2.00 bits per heavy atom. The summed E-state index contributed by atoms with van der Waals surface area (Å²) in [6.45, 7) is 0. The third kappa shape index (κ3) is 2.82. The van der Waals surface area contributed by atoms with Gasteiger partial charge in [-0.05, 0) is 12.1 Å². The van der Waals surface area contributed by atoms with Crippen LogP contribution in [0.1, 0.15) is 10.4 Å². The van der Waals surface area contributed by atoms with E-state index >= 15 is 0 Å². The van der Waals surface area contributed by atoms with E-state index in [1.54, 1.807) is 0 Å². The molecule has 0 spiro atoms. The minimum absolute atomic E-state index is 0.104. The number of carbonyl (C=O) groups is 1. The molecule has 24 heavy (non-hydrogen) atoms. The summed E-state index contributed by atoms with van der Waals surface area (Å²) in [5, 5.41) is -0.372. The van der Waals surface area contributed by atoms with Gasteiger partial charge < -0.3 is 15.2 Å². The van der Waals surface area contributed by atoms with Gasteiger partial charge in [-0.3, -0.25) is 0 Å². The predicted molar refractivity (Wildman–Crippen MR) is 73.6 cm³/mol. The van der Waals surface area contributed by atoms with Crippen LogP contribution in [0.15, 0.2) is 12.1 Å². The molecule has 0 aliphatic carbocycles. The maximum atomic E-state index is 13.5. The average molecular weight is 368 g/mol. The molecular weight excluding hydrogens is 361 g/mol. The number of halogens is 6. The summed E-state index contributed by atoms with van der Waals surface area (Å²) >= 11 is 5.80. The molecule has 0 unspecified atom stereocenters. The van der Waals surface area contributed by atoms with Crippen LogP contribution in [0.4, 0.5) is 27.6 Å². The molecule has 4 nitrogen and oxygen atoms in total. The van der Waals surface area contributed by atoms with Crippen LogP contribution >= 0.6 is 11.6 Å². The molecule has 0 radical (unpaired) electrons. The van der Waals surface area contributed by atoms with Gasteiger partial charge in [0.1, 0.15) is 5.75 Å². The van der Waals surface area contributed by atoms with Crippen molar-refractivity contribution in [2.24, 2.45) is 0 Å². The Kier molecular flexibility index (Phi) is 4.83. The van der Waals surface area contributed by atoms with Crippen molar-refractivity contribution in [1.82, 2.24) is 0 Å². The van der Waals surface area contributed by atoms with Gasteiger partial charge in [0.25, 0.3) is 0 Å². The van der Waals surface area contributed by atoms with Crippen molar-refractivity contribution in [3.8, 4) is 11.5 Å². The van der Waals surface area contributed by atoms with Gasteiger partial charge in [0, 0.05) is 0 Å². The van der Waals surface area contributed by atoms with Crippen LogP contribution in [-0.2, 0) is 0 Å². The van der Waals surface area contributed by atoms with E-state index in [0.29, 0.717) is 0 Å². The molecule has 2 rings (SSSR count). The molecule has 0 saturated heterocycles. The van der Waals surface area contributed by atoms with Gasteiger partial charge in [-0.1, -0.05) is 11.6 Å². The maximum Gasteiger partial charge on any atom is 0.345 e. The fraction of sp³-hybridized carbons (Fsp3) is 0.0714. The zero-order valence-corrected chi connectivity index (χ0v) is 12.5. The molecule has 0 amide bonds. The Balaban J connectivity index is 2.47. The summed E-state index contributed by atoms with van der Waals surface area (Å²) in [5.41, 5.74) is 4.94. The van der Waals surface area contributed by atoms with Crippen LogP contribution in [0.3, 0.4) is 0 Å². The fourth-order valence-electron chi connectivity index (χ4n) is 1.73. The predicted octanol–water partition coefficient (Wildman–Crippen LogP) is 3.85. The zero-order chi connectivity index (χ0) is 18.2. The van der Waals surface area contributed by atoms with Crippen LogP contribution in [0.5, 0.6) is 11.5 Å². The minimum atomic E-state index is -2.38. The van der Waals surface area contributed by atoms with Crippen molar-refractivity contribution in [1.29, 1.82) is 0 Å². The van der Waals surface area contributed by atoms with E-state index in [-0.39, 0.29) is 16.5 Å². The standard InChI is InChI=1S/C14H7ClF5NO3/c1-23-5-3-2-4(6(15)12(5)21)14(22)24-13-10(19)8(17)7(16)9(18)11(13)20/h2-3H,21H2,1H3. The number of hydrogen-bond donors (Lipinski definition) is 1. The van der Waals surface area contributed by atoms with Gasteiger partial charge in [0.05, 0.1) is 23.4 Å². The van der Waals surface area contributed by atoms with E-state index in [0.717, 1.165) is 6.07 Å². The van der Waals surface area contributed by atoms with Gasteiger partial charge in [-0.15, -0.1) is 0 Å². The molecule has 0 bridgehead atoms. The number of rotatable bonds is 3. The molecule has 0 aliphatic heterocycles. The molecule has 10 heteroatoms. The second-order valence-corrected chi connectivity index (χ2v) is 4.71. The summed E-state index contributed by atoms with van der Waals surface area (Å²) in [6, 6.07) is 2.25. The lowest BCUT2D eigenvalue weighted by Crippen LogP contribution is -2.14. The second kappa shape index (κ2) is 6.52. The average Bonchev–Trinajstić information content (AvgIpc) is 2.57. The minimum Gasteiger partial charge on any atom is -0.495 e. The van der Waals surface area contributed by atoms with Crippen molar-refractivity contribution < 1.29 is 36.2 Å². The highest BCUT2D eigenvalue weighted by Crippen LogP contribution is 2.34. The molecule has 0 atom stereocenters. The summed E-state index contributed by atoms with van der Waals surface area (Å²) < 4.78 is 75.2. The van der Waals surface area contributed by atoms with Gasteiger partial charge >= 0.3 is 5.97 Å². The highest BCUT2D eigenvalue weighted by molar-refractivity contribution is 6.36. The monoisotopic (exact) mass is 367 g/mol. The number of esters is 1. The molecule has 2 N–H and O–H groups in total. The van der Waals surface area contributed by atoms with Crippen LogP contribution in [-0.4, -0.2) is 13.1 Å². The third-order valence-electron chi connectivity index (χ3n) is 2.94. The number of carbonyl (C=O) groups excluding carboxylic acids is 1. The Bertz CT molecular complexity index is 815. The molecule has 0 saturated carbocycles. The van der Waals surface area contributed by atoms with Crippen LogP contribution in [0, 0.1) is 29.1 Å². The van der Waals surface area contributed by atoms with E-state index in [2.05, 4.69) is 4.74 Å². The number of anilines is 1. The number of ether oxygens (including phenoxy) is 2. The fourth-order valence-corrected chi connectivity index (χ4v) is 1.97. The van der Waals surface area contributed by atoms with Gasteiger partial charge in [-0.25, -0.2) is 18.0 Å². The molecule has 2 aromatic carbocycles. The normalized spacial score (nSPS) is 10.6. The third-order valence-corrected chi connectivity index (χ3v) is 3.35. The van der Waals surface area contributed by atoms with Gasteiger partial charge in [-0.2, -0.15) is 8.78 Å². The molecule has 0 fully saturated rings. The summed E-state index contributed by atoms with van der Waals surface area (Å²) in [4.78, 5) is 11.9. The Morgan fingerprint density at radius 2 is 1.50 bits per heavy atom. The highest BCUT2D eigenvalue weighted by atomic mass is 35.5. The van der Waals surface area contributed by atoms with E-state index in [9.17, 15) is 26.7 Å². The molecule has 0 aromatic heterocycles. The number of benzene rings is 2.